The molecule has 0 bridgehead atoms. The number of nitrogens with one attached hydrogen (secondary N) is 1. The molecule has 0 radical (unpaired) electrons. The van der Waals surface area contributed by atoms with Crippen molar-refractivity contribution in [3.8, 4) is 0 Å². The fourth-order valence-electron chi connectivity index (χ4n) is 1.93. The van der Waals surface area contributed by atoms with E-state index in [4.69, 9.17) is 5.73 Å². The maximum Gasteiger partial charge on any atom is 0.236 e. The highest BCUT2D eigenvalue weighted by atomic mass is 16.2. The molecule has 1 fully saturated rings. The van der Waals surface area contributed by atoms with Crippen molar-refractivity contribution in [2.45, 2.75) is 18.9 Å². The fourth-order valence-corrected chi connectivity index (χ4v) is 1.93. The first kappa shape index (κ1) is 9.21. The summed E-state index contributed by atoms with van der Waals surface area (Å²) in [6.45, 7) is 0.874. The smallest absolute Gasteiger partial charge is 0.236 e. The van der Waals surface area contributed by atoms with Gasteiger partial charge in [-0.15, -0.1) is 0 Å². The number of nitrogens with two attached hydrogens (primary N) is 1. The molecule has 1 aromatic rings. The monoisotopic (exact) mass is 194 g/mol. The van der Waals surface area contributed by atoms with Crippen molar-refractivity contribution in [1.82, 2.24) is 14.9 Å². The Morgan fingerprint density at radius 2 is 2.64 bits per heavy atom. The minimum Gasteiger partial charge on any atom is -0.347 e. The molecular weight excluding hydrogens is 180 g/mol. The number of carbonyl (C=O) groups excluding carboxylic acids is 1. The van der Waals surface area contributed by atoms with E-state index < -0.39 is 0 Å². The summed E-state index contributed by atoms with van der Waals surface area (Å²) in [7, 11) is 0. The first-order chi connectivity index (χ1) is 6.83. The molecule has 3 N–H and O–H groups in total. The van der Waals surface area contributed by atoms with Gasteiger partial charge in [-0.25, -0.2) is 4.98 Å². The van der Waals surface area contributed by atoms with Crippen LogP contribution in [-0.4, -0.2) is 33.9 Å². The molecule has 2 rings (SSSR count). The van der Waals surface area contributed by atoms with Crippen LogP contribution >= 0.6 is 0 Å². The molecule has 1 aromatic heterocycles. The molecule has 1 atom stereocenters. The predicted octanol–water partition coefficient (Wildman–Crippen LogP) is 0.0319. The van der Waals surface area contributed by atoms with Crippen LogP contribution in [0.15, 0.2) is 12.4 Å². The van der Waals surface area contributed by atoms with Crippen LogP contribution in [0.4, 0.5) is 0 Å². The third kappa shape index (κ3) is 1.50. The van der Waals surface area contributed by atoms with Crippen molar-refractivity contribution in [2.24, 2.45) is 5.73 Å². The molecule has 2 heterocycles. The Bertz CT molecular complexity index is 309. The van der Waals surface area contributed by atoms with Gasteiger partial charge in [0.15, 0.2) is 0 Å². The summed E-state index contributed by atoms with van der Waals surface area (Å²) in [6.07, 6.45) is 5.48. The number of hydrogen-bond acceptors (Lipinski definition) is 3. The lowest BCUT2D eigenvalue weighted by atomic mass is 10.2. The number of aromatic amines is 1. The van der Waals surface area contributed by atoms with E-state index in [1.165, 1.54) is 0 Å². The second-order valence-electron chi connectivity index (χ2n) is 3.42. The fraction of sp³-hybridized carbons (Fsp3) is 0.556. The maximum atomic E-state index is 11.5. The summed E-state index contributed by atoms with van der Waals surface area (Å²) in [5, 5.41) is 0. The number of carbonyl (C=O) groups is 1. The minimum atomic E-state index is 0.00361. The number of H-pyrrole nitrogens is 1. The van der Waals surface area contributed by atoms with Gasteiger partial charge < -0.3 is 15.6 Å². The number of rotatable bonds is 2. The van der Waals surface area contributed by atoms with Crippen LogP contribution in [0.1, 0.15) is 24.7 Å². The van der Waals surface area contributed by atoms with Gasteiger partial charge in [-0.05, 0) is 12.8 Å². The minimum absolute atomic E-state index is 0.00361. The average Bonchev–Trinajstić information content (AvgIpc) is 2.85. The third-order valence-corrected chi connectivity index (χ3v) is 2.58. The van der Waals surface area contributed by atoms with Gasteiger partial charge in [0.05, 0.1) is 12.6 Å². The van der Waals surface area contributed by atoms with Crippen molar-refractivity contribution < 1.29 is 4.79 Å². The summed E-state index contributed by atoms with van der Waals surface area (Å²) in [5.74, 6) is 0.869. The molecule has 0 unspecified atom stereocenters. The molecule has 1 saturated heterocycles. The number of nitrogens with zero attached hydrogens (tertiary/aromatic N) is 2. The molecule has 0 aliphatic carbocycles. The lowest BCUT2D eigenvalue weighted by Crippen LogP contribution is -2.35. The van der Waals surface area contributed by atoms with Gasteiger partial charge in [0.25, 0.3) is 0 Å². The van der Waals surface area contributed by atoms with E-state index in [-0.39, 0.29) is 18.5 Å². The highest BCUT2D eigenvalue weighted by molar-refractivity contribution is 5.78. The van der Waals surface area contributed by atoms with Gasteiger partial charge in [0.1, 0.15) is 5.82 Å². The lowest BCUT2D eigenvalue weighted by molar-refractivity contribution is -0.130. The second kappa shape index (κ2) is 3.79. The third-order valence-electron chi connectivity index (χ3n) is 2.58. The number of aromatic nitrogens is 2. The lowest BCUT2D eigenvalue weighted by Gasteiger charge is -2.22. The Kier molecular flexibility index (Phi) is 2.49. The van der Waals surface area contributed by atoms with Crippen LogP contribution < -0.4 is 5.73 Å². The molecule has 76 valence electrons. The first-order valence-corrected chi connectivity index (χ1v) is 4.81. The quantitative estimate of drug-likeness (QED) is 0.697. The summed E-state index contributed by atoms with van der Waals surface area (Å²) >= 11 is 0. The number of amides is 1. The first-order valence-electron chi connectivity index (χ1n) is 4.81. The van der Waals surface area contributed by atoms with Crippen molar-refractivity contribution in [1.29, 1.82) is 0 Å². The molecule has 1 amide bonds. The van der Waals surface area contributed by atoms with E-state index in [0.717, 1.165) is 25.2 Å². The van der Waals surface area contributed by atoms with Gasteiger partial charge in [-0.2, -0.15) is 0 Å². The molecule has 5 heteroatoms. The Morgan fingerprint density at radius 3 is 3.29 bits per heavy atom. The topological polar surface area (TPSA) is 75.0 Å². The van der Waals surface area contributed by atoms with Crippen LogP contribution in [0.5, 0.6) is 0 Å². The molecule has 1 aliphatic heterocycles. The van der Waals surface area contributed by atoms with E-state index in [0.29, 0.717) is 0 Å². The van der Waals surface area contributed by atoms with E-state index in [1.54, 1.807) is 17.3 Å². The van der Waals surface area contributed by atoms with E-state index >= 15 is 0 Å². The Labute approximate surface area is 82.3 Å². The maximum absolute atomic E-state index is 11.5. The van der Waals surface area contributed by atoms with Gasteiger partial charge >= 0.3 is 0 Å². The van der Waals surface area contributed by atoms with Crippen molar-refractivity contribution >= 4 is 5.91 Å². The zero-order valence-corrected chi connectivity index (χ0v) is 7.94. The van der Waals surface area contributed by atoms with E-state index in [1.807, 2.05) is 0 Å². The van der Waals surface area contributed by atoms with Crippen molar-refractivity contribution in [3.63, 3.8) is 0 Å². The summed E-state index contributed by atoms with van der Waals surface area (Å²) < 4.78 is 0. The Hall–Kier alpha value is -1.36. The molecule has 5 nitrogen and oxygen atoms in total. The highest BCUT2D eigenvalue weighted by Gasteiger charge is 2.30. The normalized spacial score (nSPS) is 21.5. The molecule has 0 saturated carbocycles. The summed E-state index contributed by atoms with van der Waals surface area (Å²) in [4.78, 5) is 20.5. The number of hydrogen-bond donors (Lipinski definition) is 2. The molecule has 1 aliphatic rings. The standard InChI is InChI=1S/C9H14N4O/c10-6-8(14)13-5-1-2-7(13)9-11-3-4-12-9/h3-4,7H,1-2,5-6,10H2,(H,11,12)/t7-/m0/s1. The molecular formula is C9H14N4O. The molecule has 0 aromatic carbocycles. The summed E-state index contributed by atoms with van der Waals surface area (Å²) in [5.41, 5.74) is 5.35. The summed E-state index contributed by atoms with van der Waals surface area (Å²) in [6, 6.07) is 0.0982. The van der Waals surface area contributed by atoms with E-state index in [2.05, 4.69) is 9.97 Å². The number of likely N-dealkylation sites (tertiary alicyclic amines) is 1. The van der Waals surface area contributed by atoms with Crippen LogP contribution in [0.25, 0.3) is 0 Å². The zero-order chi connectivity index (χ0) is 9.97. The zero-order valence-electron chi connectivity index (χ0n) is 7.94. The van der Waals surface area contributed by atoms with E-state index in [9.17, 15) is 4.79 Å². The Balaban J connectivity index is 2.15. The van der Waals surface area contributed by atoms with Crippen LogP contribution in [0, 0.1) is 0 Å². The largest absolute Gasteiger partial charge is 0.347 e. The number of imidazole rings is 1. The Morgan fingerprint density at radius 1 is 1.79 bits per heavy atom. The predicted molar refractivity (Wildman–Crippen MR) is 51.3 cm³/mol. The average molecular weight is 194 g/mol. The van der Waals surface area contributed by atoms with Crippen LogP contribution in [0.3, 0.4) is 0 Å². The molecule has 0 spiro atoms. The van der Waals surface area contributed by atoms with Crippen molar-refractivity contribution in [3.05, 3.63) is 18.2 Å². The van der Waals surface area contributed by atoms with Gasteiger partial charge in [0, 0.05) is 18.9 Å². The SMILES string of the molecule is NCC(=O)N1CCC[C@H]1c1ncc[nH]1. The molecule has 14 heavy (non-hydrogen) atoms. The van der Waals surface area contributed by atoms with Gasteiger partial charge in [-0.1, -0.05) is 0 Å². The second-order valence-corrected chi connectivity index (χ2v) is 3.42. The van der Waals surface area contributed by atoms with Crippen LogP contribution in [-0.2, 0) is 4.79 Å². The van der Waals surface area contributed by atoms with Gasteiger partial charge in [0.2, 0.25) is 5.91 Å². The van der Waals surface area contributed by atoms with Crippen LogP contribution in [0.2, 0.25) is 0 Å². The van der Waals surface area contributed by atoms with Gasteiger partial charge in [-0.3, -0.25) is 4.79 Å². The highest BCUT2D eigenvalue weighted by Crippen LogP contribution is 2.29. The van der Waals surface area contributed by atoms with Crippen molar-refractivity contribution in [2.75, 3.05) is 13.1 Å².